The number of amidine groups is 1. The zero-order chi connectivity index (χ0) is 19.8. The molecular formula is C17H21F2N7O2. The molecule has 28 heavy (non-hydrogen) atoms. The zero-order valence-electron chi connectivity index (χ0n) is 15.6. The first-order valence-corrected chi connectivity index (χ1v) is 8.92. The van der Waals surface area contributed by atoms with Gasteiger partial charge >= 0.3 is 5.97 Å². The van der Waals surface area contributed by atoms with E-state index in [1.54, 1.807) is 23.3 Å². The molecular weight excluding hydrogens is 372 g/mol. The summed E-state index contributed by atoms with van der Waals surface area (Å²) in [6.07, 6.45) is 2.32. The van der Waals surface area contributed by atoms with Crippen LogP contribution in [0.3, 0.4) is 0 Å². The summed E-state index contributed by atoms with van der Waals surface area (Å²) in [6.45, 7) is 3.35. The average Bonchev–Trinajstić information content (AvgIpc) is 3.28. The Hall–Kier alpha value is -2.95. The van der Waals surface area contributed by atoms with Gasteiger partial charge in [-0.25, -0.2) is 23.6 Å². The third-order valence-electron chi connectivity index (χ3n) is 4.83. The number of hydrazine groups is 1. The van der Waals surface area contributed by atoms with Gasteiger partial charge in [0, 0.05) is 39.4 Å². The zero-order valence-corrected chi connectivity index (χ0v) is 15.6. The molecule has 0 aromatic carbocycles. The first kappa shape index (κ1) is 18.4. The second-order valence-electron chi connectivity index (χ2n) is 6.59. The summed E-state index contributed by atoms with van der Waals surface area (Å²) >= 11 is 0. The molecule has 1 aromatic heterocycles. The van der Waals surface area contributed by atoms with Crippen LogP contribution < -0.4 is 10.3 Å². The number of aromatic nitrogens is 2. The van der Waals surface area contributed by atoms with Crippen molar-refractivity contribution in [2.45, 2.75) is 6.43 Å². The van der Waals surface area contributed by atoms with Gasteiger partial charge in [-0.05, 0) is 6.08 Å². The van der Waals surface area contributed by atoms with Crippen LogP contribution in [0.2, 0.25) is 0 Å². The summed E-state index contributed by atoms with van der Waals surface area (Å²) in [7, 11) is 2.87. The molecule has 0 unspecified atom stereocenters. The summed E-state index contributed by atoms with van der Waals surface area (Å²) in [5.41, 5.74) is 0.182. The van der Waals surface area contributed by atoms with Crippen molar-refractivity contribution in [3.63, 3.8) is 0 Å². The third-order valence-corrected chi connectivity index (χ3v) is 4.83. The molecule has 4 rings (SSSR count). The fourth-order valence-electron chi connectivity index (χ4n) is 3.50. The van der Waals surface area contributed by atoms with Crippen molar-refractivity contribution in [2.24, 2.45) is 12.0 Å². The maximum Gasteiger partial charge on any atom is 0.339 e. The Labute approximate surface area is 160 Å². The number of methoxy groups -OCH3 is 1. The van der Waals surface area contributed by atoms with E-state index >= 15 is 0 Å². The number of halogens is 2. The highest BCUT2D eigenvalue weighted by Gasteiger charge is 2.38. The van der Waals surface area contributed by atoms with Crippen molar-refractivity contribution < 1.29 is 18.3 Å². The predicted octanol–water partition coefficient (Wildman–Crippen LogP) is 0.610. The third kappa shape index (κ3) is 3.11. The summed E-state index contributed by atoms with van der Waals surface area (Å²) in [4.78, 5) is 19.1. The number of ether oxygens (including phenoxy) is 1. The van der Waals surface area contributed by atoms with Gasteiger partial charge in [-0.1, -0.05) is 0 Å². The quantitative estimate of drug-likeness (QED) is 0.754. The highest BCUT2D eigenvalue weighted by atomic mass is 19.3. The average molecular weight is 393 g/mol. The number of nitrogens with zero attached hydrogens (tertiary/aromatic N) is 6. The van der Waals surface area contributed by atoms with E-state index in [0.717, 1.165) is 32.0 Å². The summed E-state index contributed by atoms with van der Waals surface area (Å²) in [5.74, 6) is 0.576. The van der Waals surface area contributed by atoms with Crippen molar-refractivity contribution in [1.29, 1.82) is 0 Å². The van der Waals surface area contributed by atoms with E-state index in [4.69, 9.17) is 4.74 Å². The largest absolute Gasteiger partial charge is 0.466 e. The number of hydrogen-bond acceptors (Lipinski definition) is 8. The molecule has 0 spiro atoms. The number of anilines is 1. The minimum Gasteiger partial charge on any atom is -0.466 e. The molecule has 150 valence electrons. The normalized spacial score (nSPS) is 19.5. The fourth-order valence-corrected chi connectivity index (χ4v) is 3.50. The number of esters is 1. The standard InChI is InChI=1S/C17H21F2N7O2/c1-23-10-12(14(22-23)15(18)19)26-9-11(17(27)28-2)16-21-13(3-6-25(16)26)24-7-4-20-5-8-24/h3,6,10,15,20H,4-5,7-9H2,1-2H3. The first-order valence-electron chi connectivity index (χ1n) is 8.92. The van der Waals surface area contributed by atoms with Gasteiger partial charge in [0.2, 0.25) is 0 Å². The molecule has 3 aliphatic heterocycles. The predicted molar refractivity (Wildman–Crippen MR) is 97.4 cm³/mol. The van der Waals surface area contributed by atoms with Gasteiger partial charge in [-0.15, -0.1) is 0 Å². The first-order chi connectivity index (χ1) is 13.5. The molecule has 1 saturated heterocycles. The number of aryl methyl sites for hydroxylation is 1. The lowest BCUT2D eigenvalue weighted by atomic mass is 10.2. The smallest absolute Gasteiger partial charge is 0.339 e. The number of nitrogens with one attached hydrogen (secondary N) is 1. The van der Waals surface area contributed by atoms with E-state index in [1.807, 2.05) is 6.08 Å². The molecule has 1 aromatic rings. The maximum absolute atomic E-state index is 13.5. The van der Waals surface area contributed by atoms with Crippen LogP contribution in [0.5, 0.6) is 0 Å². The molecule has 3 aliphatic rings. The van der Waals surface area contributed by atoms with Gasteiger partial charge in [0.15, 0.2) is 11.5 Å². The van der Waals surface area contributed by atoms with Crippen LogP contribution in [0.25, 0.3) is 0 Å². The molecule has 0 bridgehead atoms. The van der Waals surface area contributed by atoms with Gasteiger partial charge in [-0.3, -0.25) is 9.69 Å². The Morgan fingerprint density at radius 3 is 2.75 bits per heavy atom. The van der Waals surface area contributed by atoms with E-state index < -0.39 is 12.4 Å². The van der Waals surface area contributed by atoms with Crippen LogP contribution in [0, 0.1) is 0 Å². The monoisotopic (exact) mass is 393 g/mol. The van der Waals surface area contributed by atoms with Crippen molar-refractivity contribution in [2.75, 3.05) is 44.8 Å². The Morgan fingerprint density at radius 2 is 2.07 bits per heavy atom. The number of carbonyl (C=O) groups is 1. The van der Waals surface area contributed by atoms with Crippen LogP contribution in [-0.4, -0.2) is 71.3 Å². The number of aliphatic imine (C=N–C) groups is 1. The number of hydrogen-bond donors (Lipinski definition) is 1. The summed E-state index contributed by atoms with van der Waals surface area (Å²) in [6, 6.07) is 0. The number of alkyl halides is 2. The number of piperazine rings is 1. The van der Waals surface area contributed by atoms with Crippen LogP contribution in [0.15, 0.2) is 34.9 Å². The molecule has 4 heterocycles. The van der Waals surface area contributed by atoms with Crippen molar-refractivity contribution in [3.8, 4) is 0 Å². The van der Waals surface area contributed by atoms with Crippen molar-refractivity contribution >= 4 is 17.5 Å². The molecule has 11 heteroatoms. The van der Waals surface area contributed by atoms with Gasteiger partial charge in [0.1, 0.15) is 17.1 Å². The van der Waals surface area contributed by atoms with Gasteiger partial charge in [0.25, 0.3) is 6.43 Å². The van der Waals surface area contributed by atoms with Crippen LogP contribution in [-0.2, 0) is 16.6 Å². The Bertz CT molecular complexity index is 871. The SMILES string of the molecule is COC(=O)C1=C2N=C(N3CCNCC3)C=CN2N(c2cn(C)nc2C(F)F)C1. The second-order valence-corrected chi connectivity index (χ2v) is 6.59. The molecule has 0 amide bonds. The van der Waals surface area contributed by atoms with E-state index in [1.165, 1.54) is 18.0 Å². The van der Waals surface area contributed by atoms with Crippen molar-refractivity contribution in [3.05, 3.63) is 35.6 Å². The molecule has 1 fully saturated rings. The Kier molecular flexibility index (Phi) is 4.75. The topological polar surface area (TPSA) is 78.2 Å². The minimum absolute atomic E-state index is 0.0656. The summed E-state index contributed by atoms with van der Waals surface area (Å²) in [5, 5.41) is 10.3. The van der Waals surface area contributed by atoms with Gasteiger partial charge < -0.3 is 15.0 Å². The summed E-state index contributed by atoms with van der Waals surface area (Å²) < 4.78 is 33.1. The number of fused-ring (bicyclic) bond motifs is 1. The van der Waals surface area contributed by atoms with Crippen LogP contribution in [0.1, 0.15) is 12.1 Å². The molecule has 0 atom stereocenters. The fraction of sp³-hybridized carbons (Fsp3) is 0.471. The Morgan fingerprint density at radius 1 is 1.32 bits per heavy atom. The highest BCUT2D eigenvalue weighted by Crippen LogP contribution is 2.37. The lowest BCUT2D eigenvalue weighted by molar-refractivity contribution is -0.136. The van der Waals surface area contributed by atoms with E-state index in [9.17, 15) is 13.6 Å². The van der Waals surface area contributed by atoms with E-state index in [2.05, 4.69) is 20.3 Å². The molecule has 0 saturated carbocycles. The Balaban J connectivity index is 1.71. The minimum atomic E-state index is -2.74. The number of rotatable bonds is 3. The van der Waals surface area contributed by atoms with Crippen molar-refractivity contribution in [1.82, 2.24) is 25.0 Å². The number of carbonyl (C=O) groups excluding carboxylic acids is 1. The molecule has 1 N–H and O–H groups in total. The van der Waals surface area contributed by atoms with Gasteiger partial charge in [-0.2, -0.15) is 5.10 Å². The molecule has 0 radical (unpaired) electrons. The lowest BCUT2D eigenvalue weighted by Gasteiger charge is -2.34. The van der Waals surface area contributed by atoms with E-state index in [-0.39, 0.29) is 17.9 Å². The molecule has 9 nitrogen and oxygen atoms in total. The highest BCUT2D eigenvalue weighted by molar-refractivity contribution is 5.97. The van der Waals surface area contributed by atoms with Crippen LogP contribution >= 0.6 is 0 Å². The second kappa shape index (κ2) is 7.23. The van der Waals surface area contributed by atoms with E-state index in [0.29, 0.717) is 11.4 Å². The lowest BCUT2D eigenvalue weighted by Crippen LogP contribution is -2.47. The van der Waals surface area contributed by atoms with Gasteiger partial charge in [0.05, 0.1) is 19.9 Å². The molecule has 0 aliphatic carbocycles. The van der Waals surface area contributed by atoms with Crippen LogP contribution in [0.4, 0.5) is 14.5 Å². The maximum atomic E-state index is 13.5.